The SMILES string of the molecule is CCCCCCCOC(=O)[C@@H]1CS[C@H]2[C@H](C(=O)Cc3cccc4ccccc34)C(=O)N12. The molecule has 2 heterocycles. The Morgan fingerprint density at radius 3 is 2.68 bits per heavy atom. The largest absolute Gasteiger partial charge is 0.464 e. The first-order chi connectivity index (χ1) is 15.1. The van der Waals surface area contributed by atoms with Gasteiger partial charge in [0.05, 0.1) is 12.0 Å². The number of β-lactam (4-membered cyclic amide) rings is 1. The number of hydrogen-bond acceptors (Lipinski definition) is 5. The van der Waals surface area contributed by atoms with Crippen molar-refractivity contribution in [3.8, 4) is 0 Å². The minimum absolute atomic E-state index is 0.0694. The van der Waals surface area contributed by atoms with Crippen LogP contribution in [0.1, 0.15) is 44.6 Å². The average Bonchev–Trinajstić information content (AvgIpc) is 3.16. The lowest BCUT2D eigenvalue weighted by Crippen LogP contribution is -2.63. The second-order valence-electron chi connectivity index (χ2n) is 8.33. The Morgan fingerprint density at radius 1 is 1.06 bits per heavy atom. The first kappa shape index (κ1) is 21.9. The molecule has 0 bridgehead atoms. The summed E-state index contributed by atoms with van der Waals surface area (Å²) in [6.45, 7) is 2.57. The van der Waals surface area contributed by atoms with Crippen LogP contribution < -0.4 is 0 Å². The van der Waals surface area contributed by atoms with Gasteiger partial charge in [0.2, 0.25) is 5.91 Å². The van der Waals surface area contributed by atoms with E-state index in [1.165, 1.54) is 24.6 Å². The molecule has 0 saturated carbocycles. The van der Waals surface area contributed by atoms with Crippen molar-refractivity contribution in [3.63, 3.8) is 0 Å². The fourth-order valence-electron chi connectivity index (χ4n) is 4.46. The minimum Gasteiger partial charge on any atom is -0.464 e. The number of ether oxygens (including phenoxy) is 1. The van der Waals surface area contributed by atoms with E-state index in [1.807, 2.05) is 42.5 Å². The van der Waals surface area contributed by atoms with Crippen molar-refractivity contribution < 1.29 is 19.1 Å². The van der Waals surface area contributed by atoms with E-state index in [4.69, 9.17) is 4.74 Å². The number of esters is 1. The van der Waals surface area contributed by atoms with Gasteiger partial charge in [0.1, 0.15) is 12.0 Å². The maximum atomic E-state index is 13.0. The molecule has 0 radical (unpaired) electrons. The Bertz CT molecular complexity index is 970. The van der Waals surface area contributed by atoms with Crippen LogP contribution in [0.5, 0.6) is 0 Å². The van der Waals surface area contributed by atoms with Crippen LogP contribution in [-0.2, 0) is 25.5 Å². The van der Waals surface area contributed by atoms with Gasteiger partial charge in [-0.1, -0.05) is 75.1 Å². The molecule has 0 unspecified atom stereocenters. The van der Waals surface area contributed by atoms with Crippen molar-refractivity contribution in [3.05, 3.63) is 48.0 Å². The van der Waals surface area contributed by atoms with Gasteiger partial charge in [0.15, 0.2) is 5.78 Å². The van der Waals surface area contributed by atoms with Crippen molar-refractivity contribution in [2.75, 3.05) is 12.4 Å². The molecular weight excluding hydrogens is 410 g/mol. The molecule has 2 aromatic rings. The maximum absolute atomic E-state index is 13.0. The summed E-state index contributed by atoms with van der Waals surface area (Å²) in [6, 6.07) is 13.3. The number of Topliss-reactive ketones (excluding diaryl/α,β-unsaturated/α-hetero) is 1. The number of unbranched alkanes of at least 4 members (excludes halogenated alkanes) is 4. The lowest BCUT2D eigenvalue weighted by atomic mass is 9.87. The number of nitrogens with zero attached hydrogens (tertiary/aromatic N) is 1. The van der Waals surface area contributed by atoms with Crippen LogP contribution in [0.2, 0.25) is 0 Å². The smallest absolute Gasteiger partial charge is 0.329 e. The van der Waals surface area contributed by atoms with E-state index in [-0.39, 0.29) is 29.5 Å². The van der Waals surface area contributed by atoms with E-state index in [9.17, 15) is 14.4 Å². The van der Waals surface area contributed by atoms with Gasteiger partial charge in [-0.05, 0) is 22.8 Å². The highest BCUT2D eigenvalue weighted by Gasteiger charge is 2.59. The summed E-state index contributed by atoms with van der Waals surface area (Å²) >= 11 is 1.52. The minimum atomic E-state index is -0.657. The molecule has 4 rings (SSSR count). The van der Waals surface area contributed by atoms with E-state index in [2.05, 4.69) is 6.92 Å². The molecule has 164 valence electrons. The first-order valence-electron chi connectivity index (χ1n) is 11.2. The van der Waals surface area contributed by atoms with Crippen LogP contribution in [0, 0.1) is 5.92 Å². The first-order valence-corrected chi connectivity index (χ1v) is 12.3. The van der Waals surface area contributed by atoms with Gasteiger partial charge in [0, 0.05) is 12.2 Å². The molecule has 0 spiro atoms. The van der Waals surface area contributed by atoms with Crippen LogP contribution in [-0.4, -0.2) is 46.3 Å². The second-order valence-corrected chi connectivity index (χ2v) is 9.48. The highest BCUT2D eigenvalue weighted by molar-refractivity contribution is 8.00. The van der Waals surface area contributed by atoms with E-state index < -0.39 is 12.0 Å². The molecule has 0 aromatic heterocycles. The number of carbonyl (C=O) groups excluding carboxylic acids is 3. The molecule has 6 heteroatoms. The van der Waals surface area contributed by atoms with Crippen molar-refractivity contribution >= 4 is 40.2 Å². The summed E-state index contributed by atoms with van der Waals surface area (Å²) in [4.78, 5) is 39.8. The molecule has 3 atom stereocenters. The zero-order valence-electron chi connectivity index (χ0n) is 17.9. The summed E-state index contributed by atoms with van der Waals surface area (Å²) in [5, 5.41) is 1.89. The Morgan fingerprint density at radius 2 is 1.84 bits per heavy atom. The number of amides is 1. The number of carbonyl (C=O) groups is 3. The molecule has 2 aromatic carbocycles. The van der Waals surface area contributed by atoms with Gasteiger partial charge in [-0.15, -0.1) is 11.8 Å². The maximum Gasteiger partial charge on any atom is 0.329 e. The molecule has 31 heavy (non-hydrogen) atoms. The predicted octanol–water partition coefficient (Wildman–Crippen LogP) is 4.36. The molecule has 2 aliphatic rings. The second kappa shape index (κ2) is 9.86. The molecule has 5 nitrogen and oxygen atoms in total. The van der Waals surface area contributed by atoms with Crippen molar-refractivity contribution in [2.24, 2.45) is 5.92 Å². The number of fused-ring (bicyclic) bond motifs is 2. The van der Waals surface area contributed by atoms with Crippen molar-refractivity contribution in [2.45, 2.75) is 56.9 Å². The average molecular weight is 440 g/mol. The number of thioether (sulfide) groups is 1. The Kier molecular flexibility index (Phi) is 6.96. The van der Waals surface area contributed by atoms with Gasteiger partial charge >= 0.3 is 5.97 Å². The van der Waals surface area contributed by atoms with Crippen LogP contribution in [0.4, 0.5) is 0 Å². The summed E-state index contributed by atoms with van der Waals surface area (Å²) < 4.78 is 5.42. The summed E-state index contributed by atoms with van der Waals surface area (Å²) in [6.07, 6.45) is 5.67. The highest BCUT2D eigenvalue weighted by Crippen LogP contribution is 2.44. The van der Waals surface area contributed by atoms with Crippen molar-refractivity contribution in [1.29, 1.82) is 0 Å². The van der Waals surface area contributed by atoms with Gasteiger partial charge in [-0.2, -0.15) is 0 Å². The van der Waals surface area contributed by atoms with Gasteiger partial charge in [-0.3, -0.25) is 9.59 Å². The molecule has 2 saturated heterocycles. The molecule has 2 aliphatic heterocycles. The third kappa shape index (κ3) is 4.49. The van der Waals surface area contributed by atoms with Gasteiger partial charge < -0.3 is 9.64 Å². The third-order valence-corrected chi connectivity index (χ3v) is 7.55. The topological polar surface area (TPSA) is 63.7 Å². The van der Waals surface area contributed by atoms with Gasteiger partial charge in [0.25, 0.3) is 0 Å². The molecule has 0 aliphatic carbocycles. The number of benzene rings is 2. The quantitative estimate of drug-likeness (QED) is 0.238. The van der Waals surface area contributed by atoms with Crippen LogP contribution in [0.3, 0.4) is 0 Å². The standard InChI is InChI=1S/C25H29NO4S/c1-2-3-4-5-8-14-30-25(29)20-16-31-24-22(23(28)26(20)24)21(27)15-18-12-9-11-17-10-6-7-13-19(17)18/h6-7,9-13,20,22,24H,2-5,8,14-16H2,1H3/t20-,22+,24-/m0/s1. The zero-order chi connectivity index (χ0) is 21.8. The van der Waals surface area contributed by atoms with Crippen LogP contribution in [0.25, 0.3) is 10.8 Å². The summed E-state index contributed by atoms with van der Waals surface area (Å²) in [5.74, 6) is -0.789. The zero-order valence-corrected chi connectivity index (χ0v) is 18.7. The Labute approximate surface area is 187 Å². The Balaban J connectivity index is 1.32. The fraction of sp³-hybridized carbons (Fsp3) is 0.480. The van der Waals surface area contributed by atoms with Gasteiger partial charge in [-0.25, -0.2) is 4.79 Å². The van der Waals surface area contributed by atoms with Crippen molar-refractivity contribution in [1.82, 2.24) is 4.90 Å². The van der Waals surface area contributed by atoms with E-state index in [0.29, 0.717) is 12.4 Å². The predicted molar refractivity (Wildman–Crippen MR) is 123 cm³/mol. The van der Waals surface area contributed by atoms with Crippen LogP contribution >= 0.6 is 11.8 Å². The number of rotatable bonds is 10. The van der Waals surface area contributed by atoms with E-state index in [0.717, 1.165) is 35.6 Å². The Hall–Kier alpha value is -2.34. The molecule has 0 N–H and O–H groups in total. The van der Waals surface area contributed by atoms with E-state index in [1.54, 1.807) is 4.90 Å². The molecule has 1 amide bonds. The van der Waals surface area contributed by atoms with E-state index >= 15 is 0 Å². The monoisotopic (exact) mass is 439 g/mol. The van der Waals surface area contributed by atoms with Crippen LogP contribution in [0.15, 0.2) is 42.5 Å². The summed E-state index contributed by atoms with van der Waals surface area (Å²) in [7, 11) is 0. The number of ketones is 1. The lowest BCUT2D eigenvalue weighted by molar-refractivity contribution is -0.167. The third-order valence-electron chi connectivity index (χ3n) is 6.20. The number of hydrogen-bond donors (Lipinski definition) is 0. The molecular formula is C25H29NO4S. The fourth-order valence-corrected chi connectivity index (χ4v) is 6.01. The molecule has 2 fully saturated rings. The lowest BCUT2D eigenvalue weighted by Gasteiger charge is -2.42. The summed E-state index contributed by atoms with van der Waals surface area (Å²) in [5.41, 5.74) is 0.941. The highest BCUT2D eigenvalue weighted by atomic mass is 32.2. The normalized spacial score (nSPS) is 22.3.